The van der Waals surface area contributed by atoms with Crippen molar-refractivity contribution < 1.29 is 4.39 Å². The van der Waals surface area contributed by atoms with Crippen molar-refractivity contribution in [3.8, 4) is 0 Å². The zero-order valence-corrected chi connectivity index (χ0v) is 8.31. The van der Waals surface area contributed by atoms with Gasteiger partial charge in [-0.15, -0.1) is 0 Å². The Kier molecular flexibility index (Phi) is 1.32. The number of halogens is 1. The topological polar surface area (TPSA) is 26.0 Å². The van der Waals surface area contributed by atoms with Crippen LogP contribution in [0.3, 0.4) is 0 Å². The molecule has 0 radical (unpaired) electrons. The Labute approximate surface area is 83.1 Å². The summed E-state index contributed by atoms with van der Waals surface area (Å²) in [5.41, 5.74) is 8.61. The molecule has 0 amide bonds. The molecule has 2 N–H and O–H groups in total. The molecule has 0 saturated heterocycles. The molecule has 1 aromatic rings. The third-order valence-electron chi connectivity index (χ3n) is 4.05. The van der Waals surface area contributed by atoms with Crippen LogP contribution in [0.15, 0.2) is 18.2 Å². The summed E-state index contributed by atoms with van der Waals surface area (Å²) < 4.78 is 13.1. The lowest BCUT2D eigenvalue weighted by Gasteiger charge is -2.14. The van der Waals surface area contributed by atoms with Gasteiger partial charge in [-0.05, 0) is 49.4 Å². The van der Waals surface area contributed by atoms with Crippen molar-refractivity contribution in [3.05, 3.63) is 35.1 Å². The van der Waals surface area contributed by atoms with Gasteiger partial charge in [-0.25, -0.2) is 4.39 Å². The average Bonchev–Trinajstić information content (AvgIpc) is 2.49. The van der Waals surface area contributed by atoms with Gasteiger partial charge in [0.2, 0.25) is 0 Å². The highest BCUT2D eigenvalue weighted by atomic mass is 19.1. The Morgan fingerprint density at radius 2 is 2.14 bits per heavy atom. The second-order valence-electron chi connectivity index (χ2n) is 4.98. The van der Waals surface area contributed by atoms with E-state index in [9.17, 15) is 4.39 Å². The smallest absolute Gasteiger partial charge is 0.123 e. The molecular weight excluding hydrogens is 177 g/mol. The molecule has 2 aliphatic carbocycles. The maximum absolute atomic E-state index is 13.1. The van der Waals surface area contributed by atoms with Gasteiger partial charge < -0.3 is 5.73 Å². The normalized spacial score (nSPS) is 38.8. The summed E-state index contributed by atoms with van der Waals surface area (Å²) >= 11 is 0. The van der Waals surface area contributed by atoms with Crippen LogP contribution in [0.2, 0.25) is 0 Å². The number of rotatable bonds is 0. The minimum atomic E-state index is -0.132. The number of hydrogen-bond acceptors (Lipinski definition) is 1. The number of aryl methyl sites for hydroxylation is 1. The largest absolute Gasteiger partial charge is 0.325 e. The van der Waals surface area contributed by atoms with Gasteiger partial charge in [0.1, 0.15) is 5.82 Å². The second-order valence-corrected chi connectivity index (χ2v) is 4.98. The first-order valence-corrected chi connectivity index (χ1v) is 5.13. The van der Waals surface area contributed by atoms with Crippen LogP contribution >= 0.6 is 0 Å². The summed E-state index contributed by atoms with van der Waals surface area (Å²) in [7, 11) is 0. The monoisotopic (exact) mass is 191 g/mol. The summed E-state index contributed by atoms with van der Waals surface area (Å²) in [4.78, 5) is 0. The van der Waals surface area contributed by atoms with E-state index in [0.717, 1.165) is 19.3 Å². The van der Waals surface area contributed by atoms with Crippen molar-refractivity contribution in [2.45, 2.75) is 37.1 Å². The number of hydrogen-bond donors (Lipinski definition) is 1. The summed E-state index contributed by atoms with van der Waals surface area (Å²) in [6.45, 7) is 2.08. The van der Waals surface area contributed by atoms with Crippen molar-refractivity contribution in [1.29, 1.82) is 0 Å². The predicted molar refractivity (Wildman–Crippen MR) is 53.6 cm³/mol. The van der Waals surface area contributed by atoms with E-state index < -0.39 is 0 Å². The van der Waals surface area contributed by atoms with Crippen LogP contribution in [0.5, 0.6) is 0 Å². The van der Waals surface area contributed by atoms with Crippen LogP contribution in [-0.2, 0) is 11.8 Å². The lowest BCUT2D eigenvalue weighted by atomic mass is 9.93. The summed E-state index contributed by atoms with van der Waals surface area (Å²) in [6.07, 6.45) is 3.16. The molecule has 1 spiro atoms. The van der Waals surface area contributed by atoms with Gasteiger partial charge in [-0.2, -0.15) is 0 Å². The molecule has 0 bridgehead atoms. The van der Waals surface area contributed by atoms with Gasteiger partial charge in [-0.1, -0.05) is 6.07 Å². The van der Waals surface area contributed by atoms with Crippen LogP contribution in [0.25, 0.3) is 0 Å². The first kappa shape index (κ1) is 8.42. The molecule has 74 valence electrons. The average molecular weight is 191 g/mol. The first-order chi connectivity index (χ1) is 6.55. The van der Waals surface area contributed by atoms with Crippen molar-refractivity contribution >= 4 is 0 Å². The molecule has 0 aliphatic heterocycles. The molecule has 3 rings (SSSR count). The van der Waals surface area contributed by atoms with Gasteiger partial charge in [0.25, 0.3) is 0 Å². The second kappa shape index (κ2) is 2.19. The Morgan fingerprint density at radius 1 is 1.43 bits per heavy atom. The Morgan fingerprint density at radius 3 is 2.79 bits per heavy atom. The molecule has 1 saturated carbocycles. The molecule has 14 heavy (non-hydrogen) atoms. The molecule has 2 aliphatic rings. The Bertz CT molecular complexity index is 411. The van der Waals surface area contributed by atoms with E-state index in [4.69, 9.17) is 5.73 Å². The van der Waals surface area contributed by atoms with E-state index in [1.54, 1.807) is 12.1 Å². The van der Waals surface area contributed by atoms with E-state index in [-0.39, 0.29) is 16.8 Å². The zero-order chi connectivity index (χ0) is 9.97. The molecule has 1 aromatic carbocycles. The van der Waals surface area contributed by atoms with Gasteiger partial charge >= 0.3 is 0 Å². The summed E-state index contributed by atoms with van der Waals surface area (Å²) in [6, 6.07) is 5.14. The van der Waals surface area contributed by atoms with E-state index >= 15 is 0 Å². The maximum atomic E-state index is 13.1. The minimum absolute atomic E-state index is 0.102. The fourth-order valence-electron chi connectivity index (χ4n) is 3.05. The molecule has 0 aromatic heterocycles. The molecular formula is C12H14FN. The van der Waals surface area contributed by atoms with E-state index in [2.05, 4.69) is 6.92 Å². The highest BCUT2D eigenvalue weighted by molar-refractivity contribution is 5.49. The van der Waals surface area contributed by atoms with Crippen molar-refractivity contribution in [3.63, 3.8) is 0 Å². The van der Waals surface area contributed by atoms with Gasteiger partial charge in [0, 0.05) is 11.0 Å². The van der Waals surface area contributed by atoms with E-state index in [1.807, 2.05) is 6.07 Å². The zero-order valence-electron chi connectivity index (χ0n) is 8.31. The quantitative estimate of drug-likeness (QED) is 0.668. The maximum Gasteiger partial charge on any atom is 0.123 e. The third kappa shape index (κ3) is 0.825. The highest BCUT2D eigenvalue weighted by Crippen LogP contribution is 2.62. The number of benzene rings is 1. The fraction of sp³-hybridized carbons (Fsp3) is 0.500. The first-order valence-electron chi connectivity index (χ1n) is 5.13. The van der Waals surface area contributed by atoms with Crippen molar-refractivity contribution in [1.82, 2.24) is 0 Å². The molecule has 1 fully saturated rings. The third-order valence-corrected chi connectivity index (χ3v) is 4.05. The standard InChI is InChI=1S/C12H14FN/c1-11(14)7-12(11)5-4-8-2-3-9(13)6-10(8)12/h2-3,6H,4-5,7,14H2,1H3. The molecule has 2 atom stereocenters. The van der Waals surface area contributed by atoms with Gasteiger partial charge in [0.15, 0.2) is 0 Å². The fourth-order valence-corrected chi connectivity index (χ4v) is 3.05. The highest BCUT2D eigenvalue weighted by Gasteiger charge is 2.64. The number of nitrogens with two attached hydrogens (primary N) is 1. The Hall–Kier alpha value is -0.890. The van der Waals surface area contributed by atoms with Crippen LogP contribution in [-0.4, -0.2) is 5.54 Å². The molecule has 2 unspecified atom stereocenters. The summed E-state index contributed by atoms with van der Waals surface area (Å²) in [5, 5.41) is 0. The van der Waals surface area contributed by atoms with Crippen LogP contribution in [0.4, 0.5) is 4.39 Å². The Balaban J connectivity index is 2.15. The molecule has 1 nitrogen and oxygen atoms in total. The lowest BCUT2D eigenvalue weighted by Crippen LogP contribution is -2.28. The van der Waals surface area contributed by atoms with Crippen LogP contribution < -0.4 is 5.73 Å². The van der Waals surface area contributed by atoms with E-state index in [0.29, 0.717) is 0 Å². The van der Waals surface area contributed by atoms with Crippen molar-refractivity contribution in [2.24, 2.45) is 5.73 Å². The number of fused-ring (bicyclic) bond motifs is 2. The van der Waals surface area contributed by atoms with Crippen LogP contribution in [0.1, 0.15) is 30.9 Å². The van der Waals surface area contributed by atoms with E-state index in [1.165, 1.54) is 11.1 Å². The lowest BCUT2D eigenvalue weighted by molar-refractivity contribution is 0.556. The van der Waals surface area contributed by atoms with Gasteiger partial charge in [0.05, 0.1) is 0 Å². The predicted octanol–water partition coefficient (Wildman–Crippen LogP) is 2.13. The molecule has 0 heterocycles. The minimum Gasteiger partial charge on any atom is -0.325 e. The molecule has 2 heteroatoms. The van der Waals surface area contributed by atoms with Crippen molar-refractivity contribution in [2.75, 3.05) is 0 Å². The SMILES string of the molecule is CC1(N)CC12CCc1ccc(F)cc12. The van der Waals surface area contributed by atoms with Crippen LogP contribution in [0, 0.1) is 5.82 Å². The van der Waals surface area contributed by atoms with Gasteiger partial charge in [-0.3, -0.25) is 0 Å². The summed E-state index contributed by atoms with van der Waals surface area (Å²) in [5.74, 6) is -0.132.